The smallest absolute Gasteiger partial charge is 0.240 e. The molecule has 0 spiro atoms. The summed E-state index contributed by atoms with van der Waals surface area (Å²) >= 11 is 0. The Kier molecular flexibility index (Phi) is 8.01. The van der Waals surface area contributed by atoms with Gasteiger partial charge in [-0.2, -0.15) is 0 Å². The van der Waals surface area contributed by atoms with Crippen LogP contribution in [0.4, 0.5) is 8.78 Å². The highest BCUT2D eigenvalue weighted by atomic mass is 19.1. The van der Waals surface area contributed by atoms with Crippen LogP contribution in [-0.2, 0) is 16.0 Å². The van der Waals surface area contributed by atoms with Gasteiger partial charge in [-0.05, 0) is 30.0 Å². The van der Waals surface area contributed by atoms with Crippen LogP contribution >= 0.6 is 0 Å². The van der Waals surface area contributed by atoms with Crippen LogP contribution < -0.4 is 11.1 Å². The van der Waals surface area contributed by atoms with E-state index in [-0.39, 0.29) is 17.9 Å². The summed E-state index contributed by atoms with van der Waals surface area (Å²) in [5.41, 5.74) is 5.60. The van der Waals surface area contributed by atoms with Crippen molar-refractivity contribution in [3.8, 4) is 0 Å². The van der Waals surface area contributed by atoms with Crippen LogP contribution in [0.5, 0.6) is 0 Å². The summed E-state index contributed by atoms with van der Waals surface area (Å²) < 4.78 is 26.5. The molecule has 0 aliphatic heterocycles. The van der Waals surface area contributed by atoms with Crippen molar-refractivity contribution in [2.24, 2.45) is 11.7 Å². The van der Waals surface area contributed by atoms with Crippen molar-refractivity contribution in [3.05, 3.63) is 35.4 Å². The van der Waals surface area contributed by atoms with Crippen molar-refractivity contribution in [1.82, 2.24) is 5.32 Å². The molecule has 0 aromatic heterocycles. The lowest BCUT2D eigenvalue weighted by Crippen LogP contribution is -2.45. The molecule has 2 rings (SSSR count). The summed E-state index contributed by atoms with van der Waals surface area (Å²) in [6, 6.07) is 2.06. The minimum absolute atomic E-state index is 0.0299. The number of nitrogens with one attached hydrogen (secondary N) is 1. The Hall–Kier alpha value is -1.98. The predicted octanol–water partition coefficient (Wildman–Crippen LogP) is 3.62. The van der Waals surface area contributed by atoms with E-state index in [1.54, 1.807) is 0 Å². The molecule has 0 bridgehead atoms. The summed E-state index contributed by atoms with van der Waals surface area (Å²) in [6.07, 6.45) is 9.75. The van der Waals surface area contributed by atoms with E-state index < -0.39 is 23.6 Å². The van der Waals surface area contributed by atoms with Crippen molar-refractivity contribution in [2.45, 2.75) is 70.3 Å². The van der Waals surface area contributed by atoms with Crippen molar-refractivity contribution < 1.29 is 18.4 Å². The summed E-state index contributed by atoms with van der Waals surface area (Å²) in [5, 5.41) is 2.58. The highest BCUT2D eigenvalue weighted by molar-refractivity contribution is 5.86. The fourth-order valence-electron chi connectivity index (χ4n) is 3.65. The maximum Gasteiger partial charge on any atom is 0.240 e. The molecule has 0 radical (unpaired) electrons. The standard InChI is InChI=1S/C20H28F2N2O2/c21-16-10-15(11-17(22)13-16)12-18(20(23)26)24-19(25)9-5-4-8-14-6-2-1-3-7-14/h10-11,13-14,18H,1-9,12H2,(H2,23,26)(H,24,25)/t18-/m0/s1. The number of nitrogens with two attached hydrogens (primary N) is 1. The summed E-state index contributed by atoms with van der Waals surface area (Å²) in [7, 11) is 0. The van der Waals surface area contributed by atoms with Gasteiger partial charge in [0.05, 0.1) is 0 Å². The highest BCUT2D eigenvalue weighted by Gasteiger charge is 2.19. The molecule has 1 aromatic carbocycles. The third kappa shape index (κ3) is 7.10. The predicted molar refractivity (Wildman–Crippen MR) is 96.2 cm³/mol. The molecular formula is C20H28F2N2O2. The van der Waals surface area contributed by atoms with Gasteiger partial charge in [0.15, 0.2) is 0 Å². The van der Waals surface area contributed by atoms with E-state index in [0.717, 1.165) is 43.4 Å². The first kappa shape index (κ1) is 20.3. The molecule has 1 atom stereocenters. The quantitative estimate of drug-likeness (QED) is 0.655. The van der Waals surface area contributed by atoms with Crippen LogP contribution in [0.3, 0.4) is 0 Å². The monoisotopic (exact) mass is 366 g/mol. The molecule has 144 valence electrons. The SMILES string of the molecule is NC(=O)[C@H](Cc1cc(F)cc(F)c1)NC(=O)CCCCC1CCCCC1. The number of halogens is 2. The minimum atomic E-state index is -0.970. The van der Waals surface area contributed by atoms with Gasteiger partial charge in [-0.3, -0.25) is 9.59 Å². The van der Waals surface area contributed by atoms with Gasteiger partial charge in [-0.1, -0.05) is 44.9 Å². The van der Waals surface area contributed by atoms with Crippen LogP contribution in [0.15, 0.2) is 18.2 Å². The van der Waals surface area contributed by atoms with Crippen LogP contribution in [0, 0.1) is 17.6 Å². The minimum Gasteiger partial charge on any atom is -0.368 e. The van der Waals surface area contributed by atoms with Gasteiger partial charge in [0.2, 0.25) is 11.8 Å². The van der Waals surface area contributed by atoms with Crippen LogP contribution in [-0.4, -0.2) is 17.9 Å². The number of amides is 2. The Morgan fingerprint density at radius 1 is 1.08 bits per heavy atom. The first-order chi connectivity index (χ1) is 12.4. The molecule has 0 unspecified atom stereocenters. The van der Waals surface area contributed by atoms with Gasteiger partial charge in [-0.25, -0.2) is 8.78 Å². The molecule has 26 heavy (non-hydrogen) atoms. The largest absolute Gasteiger partial charge is 0.368 e. The first-order valence-electron chi connectivity index (χ1n) is 9.47. The van der Waals surface area contributed by atoms with Crippen molar-refractivity contribution in [2.75, 3.05) is 0 Å². The number of hydrogen-bond donors (Lipinski definition) is 2. The van der Waals surface area contributed by atoms with Gasteiger partial charge >= 0.3 is 0 Å². The van der Waals surface area contributed by atoms with Crippen molar-refractivity contribution >= 4 is 11.8 Å². The summed E-state index contributed by atoms with van der Waals surface area (Å²) in [5.74, 6) is -1.64. The zero-order chi connectivity index (χ0) is 18.9. The Balaban J connectivity index is 1.75. The number of rotatable bonds is 9. The summed E-state index contributed by atoms with van der Waals surface area (Å²) in [4.78, 5) is 23.6. The second kappa shape index (κ2) is 10.2. The fourth-order valence-corrected chi connectivity index (χ4v) is 3.65. The van der Waals surface area contributed by atoms with Gasteiger partial charge in [0, 0.05) is 18.9 Å². The average Bonchev–Trinajstić information content (AvgIpc) is 2.58. The van der Waals surface area contributed by atoms with Gasteiger partial charge in [0.1, 0.15) is 17.7 Å². The molecular weight excluding hydrogens is 338 g/mol. The van der Waals surface area contributed by atoms with E-state index in [9.17, 15) is 18.4 Å². The Bertz CT molecular complexity index is 596. The van der Waals surface area contributed by atoms with Crippen LogP contribution in [0.25, 0.3) is 0 Å². The lowest BCUT2D eigenvalue weighted by atomic mass is 9.85. The van der Waals surface area contributed by atoms with Gasteiger partial charge in [-0.15, -0.1) is 0 Å². The number of carbonyl (C=O) groups excluding carboxylic acids is 2. The van der Waals surface area contributed by atoms with Crippen molar-refractivity contribution in [1.29, 1.82) is 0 Å². The number of benzene rings is 1. The topological polar surface area (TPSA) is 72.2 Å². The molecule has 4 nitrogen and oxygen atoms in total. The van der Waals surface area contributed by atoms with E-state index in [1.165, 1.54) is 32.1 Å². The van der Waals surface area contributed by atoms with E-state index in [2.05, 4.69) is 5.32 Å². The zero-order valence-electron chi connectivity index (χ0n) is 15.1. The second-order valence-corrected chi connectivity index (χ2v) is 7.25. The summed E-state index contributed by atoms with van der Waals surface area (Å²) in [6.45, 7) is 0. The third-order valence-electron chi connectivity index (χ3n) is 5.03. The molecule has 0 saturated heterocycles. The Labute approximate surface area is 153 Å². The molecule has 2 amide bonds. The number of unbranched alkanes of at least 4 members (excludes halogenated alkanes) is 1. The number of hydrogen-bond acceptors (Lipinski definition) is 2. The van der Waals surface area contributed by atoms with Gasteiger partial charge < -0.3 is 11.1 Å². The molecule has 1 saturated carbocycles. The van der Waals surface area contributed by atoms with E-state index >= 15 is 0 Å². The molecule has 1 aliphatic rings. The molecule has 0 heterocycles. The fraction of sp³-hybridized carbons (Fsp3) is 0.600. The van der Waals surface area contributed by atoms with Gasteiger partial charge in [0.25, 0.3) is 0 Å². The lowest BCUT2D eigenvalue weighted by Gasteiger charge is -2.21. The highest BCUT2D eigenvalue weighted by Crippen LogP contribution is 2.27. The van der Waals surface area contributed by atoms with Crippen molar-refractivity contribution in [3.63, 3.8) is 0 Å². The Morgan fingerprint density at radius 3 is 2.35 bits per heavy atom. The van der Waals surface area contributed by atoms with Crippen LogP contribution in [0.2, 0.25) is 0 Å². The molecule has 6 heteroatoms. The van der Waals surface area contributed by atoms with E-state index in [1.807, 2.05) is 0 Å². The first-order valence-corrected chi connectivity index (χ1v) is 9.47. The van der Waals surface area contributed by atoms with E-state index in [4.69, 9.17) is 5.73 Å². The molecule has 1 fully saturated rings. The average molecular weight is 366 g/mol. The molecule has 1 aromatic rings. The molecule has 1 aliphatic carbocycles. The van der Waals surface area contributed by atoms with Crippen LogP contribution in [0.1, 0.15) is 63.4 Å². The lowest BCUT2D eigenvalue weighted by molar-refractivity contribution is -0.127. The maximum atomic E-state index is 13.3. The zero-order valence-corrected chi connectivity index (χ0v) is 15.1. The molecule has 3 N–H and O–H groups in total. The normalized spacial score (nSPS) is 16.2. The van der Waals surface area contributed by atoms with E-state index in [0.29, 0.717) is 6.42 Å². The Morgan fingerprint density at radius 2 is 1.73 bits per heavy atom. The number of carbonyl (C=O) groups is 2. The number of primary amides is 1. The maximum absolute atomic E-state index is 13.3. The third-order valence-corrected chi connectivity index (χ3v) is 5.03. The second-order valence-electron chi connectivity index (χ2n) is 7.25.